The number of hydrogen-bond acceptors (Lipinski definition) is 6. The first-order valence-corrected chi connectivity index (χ1v) is 15.9. The highest BCUT2D eigenvalue weighted by Gasteiger charge is 2.43. The Morgan fingerprint density at radius 3 is 2.21 bits per heavy atom. The maximum absolute atomic E-state index is 14.1. The number of methoxy groups -OCH3 is 2. The van der Waals surface area contributed by atoms with Crippen molar-refractivity contribution in [2.45, 2.75) is 64.1 Å². The number of ether oxygens (including phenoxy) is 3. The van der Waals surface area contributed by atoms with E-state index < -0.39 is 0 Å². The number of rotatable bonds is 15. The zero-order valence-electron chi connectivity index (χ0n) is 26.2. The van der Waals surface area contributed by atoms with Crippen molar-refractivity contribution in [1.29, 1.82) is 0 Å². The van der Waals surface area contributed by atoms with Crippen molar-refractivity contribution in [3.8, 4) is 11.5 Å². The number of benzene rings is 2. The van der Waals surface area contributed by atoms with Gasteiger partial charge in [0.2, 0.25) is 0 Å². The van der Waals surface area contributed by atoms with E-state index in [1.807, 2.05) is 46.2 Å². The van der Waals surface area contributed by atoms with Crippen LogP contribution >= 0.6 is 0 Å². The van der Waals surface area contributed by atoms with Gasteiger partial charge in [-0.25, -0.2) is 4.79 Å². The molecule has 234 valence electrons. The van der Waals surface area contributed by atoms with Gasteiger partial charge in [0.25, 0.3) is 5.91 Å². The Hall–Kier alpha value is -3.30. The minimum Gasteiger partial charge on any atom is -0.493 e. The van der Waals surface area contributed by atoms with Gasteiger partial charge in [0.15, 0.2) is 11.5 Å². The van der Waals surface area contributed by atoms with Gasteiger partial charge in [0.05, 0.1) is 13.7 Å². The molecule has 0 radical (unpaired) electrons. The summed E-state index contributed by atoms with van der Waals surface area (Å²) >= 11 is 0. The van der Waals surface area contributed by atoms with Crippen molar-refractivity contribution in [2.24, 2.45) is 11.8 Å². The largest absolute Gasteiger partial charge is 0.493 e. The van der Waals surface area contributed by atoms with Crippen molar-refractivity contribution >= 4 is 17.6 Å². The second kappa shape index (κ2) is 14.4. The monoisotopic (exact) mass is 592 g/mol. The zero-order chi connectivity index (χ0) is 30.3. The van der Waals surface area contributed by atoms with Crippen LogP contribution in [-0.2, 0) is 4.74 Å². The van der Waals surface area contributed by atoms with Crippen molar-refractivity contribution in [2.75, 3.05) is 58.5 Å². The zero-order valence-corrected chi connectivity index (χ0v) is 26.2. The van der Waals surface area contributed by atoms with E-state index in [0.717, 1.165) is 50.9 Å². The molecule has 5 rings (SSSR count). The molecule has 0 aromatic heterocycles. The van der Waals surface area contributed by atoms with Gasteiger partial charge in [-0.2, -0.15) is 0 Å². The molecule has 0 bridgehead atoms. The Balaban J connectivity index is 1.28. The third-order valence-electron chi connectivity index (χ3n) is 8.77. The predicted octanol–water partition coefficient (Wildman–Crippen LogP) is 5.05. The quantitative estimate of drug-likeness (QED) is 0.292. The van der Waals surface area contributed by atoms with Crippen LogP contribution in [0.15, 0.2) is 48.5 Å². The fraction of sp³-hybridized carbons (Fsp3) is 0.588. The Morgan fingerprint density at radius 1 is 0.884 bits per heavy atom. The smallest absolute Gasteiger partial charge is 0.324 e. The van der Waals surface area contributed by atoms with Gasteiger partial charge in [-0.3, -0.25) is 9.69 Å². The van der Waals surface area contributed by atoms with E-state index in [9.17, 15) is 9.59 Å². The molecule has 0 spiro atoms. The van der Waals surface area contributed by atoms with Crippen LogP contribution in [-0.4, -0.2) is 93.5 Å². The average Bonchev–Trinajstić information content (AvgIpc) is 3.96. The number of amides is 3. The molecule has 2 atom stereocenters. The van der Waals surface area contributed by atoms with Crippen molar-refractivity contribution in [1.82, 2.24) is 15.1 Å². The molecule has 1 heterocycles. The summed E-state index contributed by atoms with van der Waals surface area (Å²) in [6.07, 6.45) is 4.99. The number of carbonyl (C=O) groups is 2. The average molecular weight is 593 g/mol. The van der Waals surface area contributed by atoms with Crippen molar-refractivity contribution < 1.29 is 23.8 Å². The second-order valence-corrected chi connectivity index (χ2v) is 12.4. The third-order valence-corrected chi connectivity index (χ3v) is 8.77. The van der Waals surface area contributed by atoms with Crippen LogP contribution in [0.4, 0.5) is 10.5 Å². The van der Waals surface area contributed by atoms with Gasteiger partial charge in [-0.05, 0) is 81.7 Å². The summed E-state index contributed by atoms with van der Waals surface area (Å²) in [4.78, 5) is 34.1. The van der Waals surface area contributed by atoms with E-state index in [1.165, 1.54) is 0 Å². The molecular weight excluding hydrogens is 544 g/mol. The first-order chi connectivity index (χ1) is 20.9. The molecule has 2 aliphatic carbocycles. The third kappa shape index (κ3) is 7.81. The van der Waals surface area contributed by atoms with Crippen molar-refractivity contribution in [3.63, 3.8) is 0 Å². The molecular formula is C34H48N4O5. The Morgan fingerprint density at radius 2 is 1.58 bits per heavy atom. The molecule has 9 nitrogen and oxygen atoms in total. The van der Waals surface area contributed by atoms with E-state index in [1.54, 1.807) is 26.4 Å². The topological polar surface area (TPSA) is 83.6 Å². The lowest BCUT2D eigenvalue weighted by molar-refractivity contribution is 0.0653. The van der Waals surface area contributed by atoms with E-state index in [4.69, 9.17) is 14.2 Å². The van der Waals surface area contributed by atoms with Crippen LogP contribution in [0, 0.1) is 11.8 Å². The number of hydrogen-bond donors (Lipinski definition) is 1. The number of anilines is 1. The number of para-hydroxylation sites is 1. The number of nitrogens with zero attached hydrogens (tertiary/aromatic N) is 3. The van der Waals surface area contributed by atoms with Crippen LogP contribution in [0.5, 0.6) is 11.5 Å². The molecule has 2 aromatic rings. The van der Waals surface area contributed by atoms with Crippen LogP contribution < -0.4 is 19.7 Å². The number of carbonyl (C=O) groups excluding carboxylic acids is 2. The first-order valence-electron chi connectivity index (χ1n) is 15.9. The lowest BCUT2D eigenvalue weighted by atomic mass is 9.94. The van der Waals surface area contributed by atoms with Gasteiger partial charge in [0, 0.05) is 75.7 Å². The summed E-state index contributed by atoms with van der Waals surface area (Å²) in [5.41, 5.74) is 1.57. The highest BCUT2D eigenvalue weighted by atomic mass is 16.5. The molecule has 2 unspecified atom stereocenters. The van der Waals surface area contributed by atoms with Crippen LogP contribution in [0.25, 0.3) is 0 Å². The molecule has 2 aromatic carbocycles. The van der Waals surface area contributed by atoms with E-state index in [-0.39, 0.29) is 29.8 Å². The minimum atomic E-state index is -0.0239. The summed E-state index contributed by atoms with van der Waals surface area (Å²) in [5.74, 6) is 1.65. The Bertz CT molecular complexity index is 1220. The Labute approximate surface area is 256 Å². The van der Waals surface area contributed by atoms with Gasteiger partial charge >= 0.3 is 6.03 Å². The normalized spacial score (nSPS) is 19.7. The molecule has 1 saturated heterocycles. The lowest BCUT2D eigenvalue weighted by Crippen LogP contribution is -2.49. The standard InChI is InChI=1S/C34H48N4O5/c1-24(2)36(33(39)25-11-16-31(42-4)32(19-25)43-18-8-17-41-3)22-26-20-35-21-27(26)23-37(28-12-13-28)34(40)38(30-14-15-30)29-9-6-5-7-10-29/h5-7,9-11,16,19,24,26-28,30,35H,8,12-15,17-18,20-23H2,1-4H3. The summed E-state index contributed by atoms with van der Waals surface area (Å²) < 4.78 is 16.6. The van der Waals surface area contributed by atoms with Gasteiger partial charge in [-0.15, -0.1) is 0 Å². The van der Waals surface area contributed by atoms with Gasteiger partial charge in [0.1, 0.15) is 0 Å². The summed E-state index contributed by atoms with van der Waals surface area (Å²) in [5, 5.41) is 3.57. The lowest BCUT2D eigenvalue weighted by Gasteiger charge is -2.36. The minimum absolute atomic E-state index is 0.0199. The summed E-state index contributed by atoms with van der Waals surface area (Å²) in [6, 6.07) is 16.3. The van der Waals surface area contributed by atoms with E-state index >= 15 is 0 Å². The van der Waals surface area contributed by atoms with E-state index in [2.05, 4.69) is 24.1 Å². The molecule has 1 aliphatic heterocycles. The summed E-state index contributed by atoms with van der Waals surface area (Å²) in [6.45, 7) is 8.22. The molecule has 2 saturated carbocycles. The summed E-state index contributed by atoms with van der Waals surface area (Å²) in [7, 11) is 3.27. The first kappa shape index (κ1) is 31.1. The second-order valence-electron chi connectivity index (χ2n) is 12.4. The molecule has 3 aliphatic rings. The van der Waals surface area contributed by atoms with Gasteiger partial charge in [-0.1, -0.05) is 18.2 Å². The fourth-order valence-corrected chi connectivity index (χ4v) is 6.03. The molecule has 3 amide bonds. The SMILES string of the molecule is COCCCOc1cc(C(=O)N(CC2CNCC2CN(C(=O)N(c2ccccc2)C2CC2)C2CC2)C(C)C)ccc1OC. The fourth-order valence-electron chi connectivity index (χ4n) is 6.03. The highest BCUT2D eigenvalue weighted by molar-refractivity contribution is 5.95. The van der Waals surface area contributed by atoms with Crippen LogP contribution in [0.2, 0.25) is 0 Å². The van der Waals surface area contributed by atoms with Gasteiger partial charge < -0.3 is 29.3 Å². The van der Waals surface area contributed by atoms with Crippen LogP contribution in [0.1, 0.15) is 56.3 Å². The Kier molecular flexibility index (Phi) is 10.5. The maximum Gasteiger partial charge on any atom is 0.324 e. The molecule has 43 heavy (non-hydrogen) atoms. The highest BCUT2D eigenvalue weighted by Crippen LogP contribution is 2.37. The molecule has 9 heteroatoms. The molecule has 3 fully saturated rings. The number of urea groups is 1. The number of nitrogens with one attached hydrogen (secondary N) is 1. The van der Waals surface area contributed by atoms with E-state index in [0.29, 0.717) is 55.4 Å². The molecule has 1 N–H and O–H groups in total. The maximum atomic E-state index is 14.1. The van der Waals surface area contributed by atoms with Crippen LogP contribution in [0.3, 0.4) is 0 Å². The predicted molar refractivity (Wildman–Crippen MR) is 168 cm³/mol. The van der Waals surface area contributed by atoms with Crippen molar-refractivity contribution in [3.05, 3.63) is 54.1 Å².